The van der Waals surface area contributed by atoms with Crippen LogP contribution in [-0.2, 0) is 16.4 Å². The maximum atomic E-state index is 12.3. The van der Waals surface area contributed by atoms with Crippen molar-refractivity contribution in [2.45, 2.75) is 13.5 Å². The molecule has 0 aliphatic rings. The second kappa shape index (κ2) is 9.35. The van der Waals surface area contributed by atoms with Gasteiger partial charge in [0.25, 0.3) is 5.91 Å². The van der Waals surface area contributed by atoms with Crippen LogP contribution in [0.3, 0.4) is 0 Å². The monoisotopic (exact) mass is 376 g/mol. The number of benzene rings is 2. The van der Waals surface area contributed by atoms with Crippen LogP contribution < -0.4 is 15.4 Å². The summed E-state index contributed by atoms with van der Waals surface area (Å²) >= 11 is 0. The number of rotatable bonds is 9. The Kier molecular flexibility index (Phi) is 7.17. The van der Waals surface area contributed by atoms with E-state index in [4.69, 9.17) is 4.74 Å². The topological polar surface area (TPSA) is 84.5 Å². The summed E-state index contributed by atoms with van der Waals surface area (Å²) in [5, 5.41) is 5.97. The maximum absolute atomic E-state index is 12.3. The van der Waals surface area contributed by atoms with Crippen molar-refractivity contribution >= 4 is 21.4 Å². The molecule has 0 spiro atoms. The molecule has 0 aliphatic carbocycles. The Hall–Kier alpha value is -2.38. The molecule has 0 unspecified atom stereocenters. The number of nitrogens with one attached hydrogen (secondary N) is 2. The minimum atomic E-state index is -2.96. The molecule has 0 bridgehead atoms. The van der Waals surface area contributed by atoms with Crippen molar-refractivity contribution in [3.63, 3.8) is 0 Å². The fourth-order valence-electron chi connectivity index (χ4n) is 2.31. The molecule has 0 fully saturated rings. The van der Waals surface area contributed by atoms with E-state index in [9.17, 15) is 13.2 Å². The van der Waals surface area contributed by atoms with Crippen LogP contribution in [0.5, 0.6) is 5.75 Å². The minimum Gasteiger partial charge on any atom is -0.497 e. The van der Waals surface area contributed by atoms with Crippen LogP contribution in [-0.4, -0.2) is 39.5 Å². The quantitative estimate of drug-likeness (QED) is 0.657. The largest absolute Gasteiger partial charge is 0.497 e. The van der Waals surface area contributed by atoms with E-state index in [-0.39, 0.29) is 17.4 Å². The van der Waals surface area contributed by atoms with E-state index in [1.807, 2.05) is 24.3 Å². The molecule has 0 atom stereocenters. The number of methoxy groups -OCH3 is 1. The van der Waals surface area contributed by atoms with Gasteiger partial charge in [0.15, 0.2) is 9.84 Å². The van der Waals surface area contributed by atoms with Gasteiger partial charge in [-0.1, -0.05) is 19.1 Å². The molecule has 6 nitrogen and oxygen atoms in total. The van der Waals surface area contributed by atoms with Crippen LogP contribution in [0.15, 0.2) is 48.5 Å². The predicted octanol–water partition coefficient (Wildman–Crippen LogP) is 2.47. The highest BCUT2D eigenvalue weighted by Crippen LogP contribution is 2.15. The predicted molar refractivity (Wildman–Crippen MR) is 103 cm³/mol. The molecular weight excluding hydrogens is 352 g/mol. The Bertz CT molecular complexity index is 833. The Morgan fingerprint density at radius 1 is 1.12 bits per heavy atom. The van der Waals surface area contributed by atoms with Crippen molar-refractivity contribution in [1.82, 2.24) is 5.32 Å². The first kappa shape index (κ1) is 19.9. The molecule has 1 amide bonds. The fraction of sp³-hybridized carbons (Fsp3) is 0.316. The zero-order valence-corrected chi connectivity index (χ0v) is 15.8. The first-order valence-electron chi connectivity index (χ1n) is 8.39. The van der Waals surface area contributed by atoms with Gasteiger partial charge in [0.1, 0.15) is 5.75 Å². The van der Waals surface area contributed by atoms with Crippen molar-refractivity contribution in [3.05, 3.63) is 59.7 Å². The lowest BCUT2D eigenvalue weighted by Crippen LogP contribution is -2.23. The average Bonchev–Trinajstić information content (AvgIpc) is 2.65. The summed E-state index contributed by atoms with van der Waals surface area (Å²) in [7, 11) is -1.39. The zero-order chi connectivity index (χ0) is 19.0. The third-order valence-electron chi connectivity index (χ3n) is 3.90. The second-order valence-corrected chi connectivity index (χ2v) is 8.27. The highest BCUT2D eigenvalue weighted by molar-refractivity contribution is 7.91. The van der Waals surface area contributed by atoms with Gasteiger partial charge in [0.05, 0.1) is 12.9 Å². The van der Waals surface area contributed by atoms with Gasteiger partial charge in [-0.3, -0.25) is 4.79 Å². The summed E-state index contributed by atoms with van der Waals surface area (Å²) in [5.41, 5.74) is 2.19. The number of carbonyl (C=O) groups is 1. The summed E-state index contributed by atoms with van der Waals surface area (Å²) < 4.78 is 28.0. The zero-order valence-electron chi connectivity index (χ0n) is 15.0. The third-order valence-corrected chi connectivity index (χ3v) is 5.60. The Morgan fingerprint density at radius 2 is 1.85 bits per heavy atom. The van der Waals surface area contributed by atoms with E-state index >= 15 is 0 Å². The van der Waals surface area contributed by atoms with Gasteiger partial charge in [-0.2, -0.15) is 0 Å². The lowest BCUT2D eigenvalue weighted by molar-refractivity contribution is 0.102. The van der Waals surface area contributed by atoms with E-state index in [1.54, 1.807) is 38.3 Å². The lowest BCUT2D eigenvalue weighted by Gasteiger charge is -2.09. The molecule has 0 radical (unpaired) electrons. The average molecular weight is 376 g/mol. The van der Waals surface area contributed by atoms with E-state index in [2.05, 4.69) is 10.6 Å². The summed E-state index contributed by atoms with van der Waals surface area (Å²) in [4.78, 5) is 12.3. The molecule has 0 aromatic heterocycles. The van der Waals surface area contributed by atoms with Crippen molar-refractivity contribution in [3.8, 4) is 5.75 Å². The normalized spacial score (nSPS) is 11.2. The Balaban J connectivity index is 1.90. The number of hydrogen-bond donors (Lipinski definition) is 2. The van der Waals surface area contributed by atoms with Crippen LogP contribution in [0, 0.1) is 0 Å². The lowest BCUT2D eigenvalue weighted by atomic mass is 10.1. The molecule has 2 aromatic rings. The number of amides is 1. The van der Waals surface area contributed by atoms with Crippen LogP contribution in [0.1, 0.15) is 22.8 Å². The highest BCUT2D eigenvalue weighted by Gasteiger charge is 2.08. The van der Waals surface area contributed by atoms with Crippen LogP contribution >= 0.6 is 0 Å². The van der Waals surface area contributed by atoms with E-state index in [0.29, 0.717) is 30.1 Å². The van der Waals surface area contributed by atoms with Crippen LogP contribution in [0.25, 0.3) is 0 Å². The van der Waals surface area contributed by atoms with Gasteiger partial charge < -0.3 is 15.4 Å². The Labute approximate surface area is 154 Å². The number of hydrogen-bond acceptors (Lipinski definition) is 5. The maximum Gasteiger partial charge on any atom is 0.255 e. The summed E-state index contributed by atoms with van der Waals surface area (Å²) in [6.45, 7) is 2.58. The van der Waals surface area contributed by atoms with Gasteiger partial charge in [-0.25, -0.2) is 8.42 Å². The second-order valence-electron chi connectivity index (χ2n) is 5.80. The number of carbonyl (C=O) groups excluding carboxylic acids is 1. The standard InChI is InChI=1S/C19H24N2O4S/c1-3-26(23,24)12-11-20-14-15-5-4-6-17(13-15)21-19(22)16-7-9-18(25-2)10-8-16/h4-10,13,20H,3,11-12,14H2,1-2H3,(H,21,22). The molecule has 0 saturated heterocycles. The third kappa shape index (κ3) is 6.16. The van der Waals surface area contributed by atoms with Gasteiger partial charge in [0.2, 0.25) is 0 Å². The summed E-state index contributed by atoms with van der Waals surface area (Å²) in [6.07, 6.45) is 0. The minimum absolute atomic E-state index is 0.122. The van der Waals surface area contributed by atoms with Gasteiger partial charge >= 0.3 is 0 Å². The van der Waals surface area contributed by atoms with Gasteiger partial charge in [0, 0.05) is 30.1 Å². The molecule has 0 saturated carbocycles. The van der Waals surface area contributed by atoms with Crippen molar-refractivity contribution in [2.24, 2.45) is 0 Å². The summed E-state index contributed by atoms with van der Waals surface area (Å²) in [5.74, 6) is 0.769. The van der Waals surface area contributed by atoms with Gasteiger partial charge in [-0.05, 0) is 42.0 Å². The fourth-order valence-corrected chi connectivity index (χ4v) is 3.05. The van der Waals surface area contributed by atoms with Gasteiger partial charge in [-0.15, -0.1) is 0 Å². The molecule has 2 rings (SSSR count). The van der Waals surface area contributed by atoms with E-state index in [1.165, 1.54) is 0 Å². The van der Waals surface area contributed by atoms with E-state index < -0.39 is 9.84 Å². The van der Waals surface area contributed by atoms with Crippen LogP contribution in [0.2, 0.25) is 0 Å². The molecule has 26 heavy (non-hydrogen) atoms. The number of sulfone groups is 1. The van der Waals surface area contributed by atoms with Crippen molar-refractivity contribution in [1.29, 1.82) is 0 Å². The van der Waals surface area contributed by atoms with Crippen LogP contribution in [0.4, 0.5) is 5.69 Å². The molecule has 0 aliphatic heterocycles. The summed E-state index contributed by atoms with van der Waals surface area (Å²) in [6, 6.07) is 14.3. The molecule has 2 N–H and O–H groups in total. The smallest absolute Gasteiger partial charge is 0.255 e. The molecule has 2 aromatic carbocycles. The number of ether oxygens (including phenoxy) is 1. The molecular formula is C19H24N2O4S. The Morgan fingerprint density at radius 3 is 2.50 bits per heavy atom. The number of anilines is 1. The molecule has 140 valence electrons. The first-order valence-corrected chi connectivity index (χ1v) is 10.2. The molecule has 0 heterocycles. The SMILES string of the molecule is CCS(=O)(=O)CCNCc1cccc(NC(=O)c2ccc(OC)cc2)c1. The first-order chi connectivity index (χ1) is 12.4. The van der Waals surface area contributed by atoms with E-state index in [0.717, 1.165) is 5.56 Å². The van der Waals surface area contributed by atoms with Crippen molar-refractivity contribution in [2.75, 3.05) is 30.5 Å². The highest BCUT2D eigenvalue weighted by atomic mass is 32.2. The molecule has 7 heteroatoms. The van der Waals surface area contributed by atoms with Crippen molar-refractivity contribution < 1.29 is 17.9 Å².